The van der Waals surface area contributed by atoms with Gasteiger partial charge in [0.25, 0.3) is 5.43 Å². The predicted molar refractivity (Wildman–Crippen MR) is 43.1 cm³/mol. The minimum atomic E-state index is -0.814. The van der Waals surface area contributed by atoms with E-state index in [2.05, 4.69) is 10.1 Å². The van der Waals surface area contributed by atoms with E-state index in [1.807, 2.05) is 0 Å². The molecule has 1 aliphatic carbocycles. The molecule has 0 spiro atoms. The summed E-state index contributed by atoms with van der Waals surface area (Å²) >= 11 is 0. The number of fused-ring (bicyclic) bond motifs is 1. The summed E-state index contributed by atoms with van der Waals surface area (Å²) in [6.07, 6.45) is 0. The van der Waals surface area contributed by atoms with Crippen LogP contribution >= 0.6 is 0 Å². The van der Waals surface area contributed by atoms with Gasteiger partial charge in [-0.1, -0.05) is 11.2 Å². The number of rotatable bonds is 0. The smallest absolute Gasteiger partial charge is 0.318 e. The first-order valence-corrected chi connectivity index (χ1v) is 3.52. The molecular formula is C8H4N2O3. The lowest BCUT2D eigenvalue weighted by molar-refractivity contribution is 0.302. The molecule has 2 aliphatic rings. The van der Waals surface area contributed by atoms with Gasteiger partial charge in [0.2, 0.25) is 0 Å². The zero-order valence-electron chi connectivity index (χ0n) is 6.39. The molecule has 0 unspecified atom stereocenters. The zero-order valence-corrected chi connectivity index (χ0v) is 6.39. The molecule has 5 heteroatoms. The summed E-state index contributed by atoms with van der Waals surface area (Å²) in [5, 5.41) is 11.6. The molecular weight excluding hydrogens is 172 g/mol. The number of hydrogen-bond donors (Lipinski definition) is 1. The van der Waals surface area contributed by atoms with E-state index < -0.39 is 11.0 Å². The first kappa shape index (κ1) is 7.60. The highest BCUT2D eigenvalue weighted by atomic mass is 16.4. The third-order valence-electron chi connectivity index (χ3n) is 1.77. The Morgan fingerprint density at radius 1 is 1.31 bits per heavy atom. The Bertz CT molecular complexity index is 566. The summed E-state index contributed by atoms with van der Waals surface area (Å²) in [5.74, 6) is 0. The summed E-state index contributed by atoms with van der Waals surface area (Å²) in [7, 11) is 0. The van der Waals surface area contributed by atoms with Gasteiger partial charge in [-0.3, -0.25) is 9.59 Å². The molecule has 1 aliphatic heterocycles. The van der Waals surface area contributed by atoms with Gasteiger partial charge in [-0.2, -0.15) is 0 Å². The molecule has 1 heterocycles. The largest absolute Gasteiger partial charge is 0.410 e. The molecule has 0 bridgehead atoms. The van der Waals surface area contributed by atoms with Crippen molar-refractivity contribution < 1.29 is 5.21 Å². The van der Waals surface area contributed by atoms with Crippen LogP contribution in [0.25, 0.3) is 11.3 Å². The molecule has 0 amide bonds. The van der Waals surface area contributed by atoms with Gasteiger partial charge in [0.1, 0.15) is 11.1 Å². The van der Waals surface area contributed by atoms with Crippen molar-refractivity contribution in [2.75, 3.05) is 0 Å². The van der Waals surface area contributed by atoms with Crippen LogP contribution in [0.3, 0.4) is 0 Å². The Morgan fingerprint density at radius 2 is 2.08 bits per heavy atom. The number of hydrogen-bond acceptors (Lipinski definition) is 5. The highest BCUT2D eigenvalue weighted by Gasteiger charge is 2.14. The van der Waals surface area contributed by atoms with Crippen LogP contribution in [0, 0.1) is 0 Å². The van der Waals surface area contributed by atoms with Crippen molar-refractivity contribution in [2.24, 2.45) is 5.16 Å². The number of para-hydroxylation sites is 1. The third kappa shape index (κ3) is 0.936. The van der Waals surface area contributed by atoms with Crippen LogP contribution in [0.2, 0.25) is 0 Å². The van der Waals surface area contributed by atoms with Crippen molar-refractivity contribution in [2.45, 2.75) is 0 Å². The van der Waals surface area contributed by atoms with Crippen LogP contribution in [0.1, 0.15) is 0 Å². The second kappa shape index (κ2) is 2.48. The summed E-state index contributed by atoms with van der Waals surface area (Å²) in [5.41, 5.74) is -1.12. The second-order valence-corrected chi connectivity index (χ2v) is 2.52. The number of aromatic nitrogens is 1. The summed E-state index contributed by atoms with van der Waals surface area (Å²) in [4.78, 5) is 25.4. The molecule has 1 N–H and O–H groups in total. The average Bonchev–Trinajstić information content (AvgIpc) is 2.43. The van der Waals surface area contributed by atoms with Gasteiger partial charge in [-0.05, 0) is 12.1 Å². The van der Waals surface area contributed by atoms with Crippen molar-refractivity contribution in [1.29, 1.82) is 0 Å². The highest BCUT2D eigenvalue weighted by molar-refractivity contribution is 5.60. The molecule has 5 nitrogen and oxygen atoms in total. The fourth-order valence-corrected chi connectivity index (χ4v) is 1.18. The SMILES string of the molecule is O=c1nc2c(=NO)cccc-2c1=O. The lowest BCUT2D eigenvalue weighted by Gasteiger charge is -1.91. The van der Waals surface area contributed by atoms with Gasteiger partial charge >= 0.3 is 5.56 Å². The van der Waals surface area contributed by atoms with Crippen LogP contribution in [0.4, 0.5) is 0 Å². The van der Waals surface area contributed by atoms with Gasteiger partial charge in [-0.15, -0.1) is 0 Å². The number of nitrogens with zero attached hydrogens (tertiary/aromatic N) is 2. The monoisotopic (exact) mass is 176 g/mol. The molecule has 0 saturated carbocycles. The summed E-state index contributed by atoms with van der Waals surface area (Å²) < 4.78 is 0. The fourth-order valence-electron chi connectivity index (χ4n) is 1.18. The van der Waals surface area contributed by atoms with Crippen LogP contribution in [-0.4, -0.2) is 10.2 Å². The van der Waals surface area contributed by atoms with E-state index >= 15 is 0 Å². The maximum Gasteiger partial charge on any atom is 0.318 e. The first-order valence-electron chi connectivity index (χ1n) is 3.52. The molecule has 0 radical (unpaired) electrons. The van der Waals surface area contributed by atoms with Crippen LogP contribution in [0.5, 0.6) is 0 Å². The van der Waals surface area contributed by atoms with Gasteiger partial charge < -0.3 is 5.21 Å². The van der Waals surface area contributed by atoms with E-state index in [1.165, 1.54) is 18.2 Å². The lowest BCUT2D eigenvalue weighted by Crippen LogP contribution is -2.18. The Kier molecular flexibility index (Phi) is 1.45. The summed E-state index contributed by atoms with van der Waals surface area (Å²) in [6.45, 7) is 0. The van der Waals surface area contributed by atoms with Crippen molar-refractivity contribution >= 4 is 0 Å². The van der Waals surface area contributed by atoms with Crippen molar-refractivity contribution in [1.82, 2.24) is 4.98 Å². The molecule has 0 saturated heterocycles. The van der Waals surface area contributed by atoms with Gasteiger partial charge in [0.15, 0.2) is 0 Å². The first-order chi connectivity index (χ1) is 6.24. The van der Waals surface area contributed by atoms with Gasteiger partial charge in [-0.25, -0.2) is 4.98 Å². The minimum Gasteiger partial charge on any atom is -0.410 e. The van der Waals surface area contributed by atoms with E-state index in [0.29, 0.717) is 0 Å². The Morgan fingerprint density at radius 3 is 2.77 bits per heavy atom. The lowest BCUT2D eigenvalue weighted by atomic mass is 10.1. The van der Waals surface area contributed by atoms with Crippen molar-refractivity contribution in [3.05, 3.63) is 44.1 Å². The molecule has 13 heavy (non-hydrogen) atoms. The Balaban J connectivity index is 3.07. The maximum atomic E-state index is 11.1. The second-order valence-electron chi connectivity index (χ2n) is 2.52. The Hall–Kier alpha value is -2.04. The Labute approximate surface area is 71.6 Å². The third-order valence-corrected chi connectivity index (χ3v) is 1.77. The topological polar surface area (TPSA) is 79.6 Å². The maximum absolute atomic E-state index is 11.1. The van der Waals surface area contributed by atoms with E-state index in [1.54, 1.807) is 0 Å². The van der Waals surface area contributed by atoms with Crippen LogP contribution < -0.4 is 16.3 Å². The van der Waals surface area contributed by atoms with Crippen LogP contribution in [0.15, 0.2) is 32.9 Å². The fraction of sp³-hybridized carbons (Fsp3) is 0. The molecule has 64 valence electrons. The normalized spacial score (nSPS) is 12.5. The predicted octanol–water partition coefficient (Wildman–Crippen LogP) is -0.928. The quantitative estimate of drug-likeness (QED) is 0.319. The van der Waals surface area contributed by atoms with E-state index in [9.17, 15) is 9.59 Å². The van der Waals surface area contributed by atoms with Gasteiger partial charge in [0, 0.05) is 0 Å². The zero-order chi connectivity index (χ0) is 9.42. The minimum absolute atomic E-state index is 0.136. The molecule has 0 aromatic heterocycles. The van der Waals surface area contributed by atoms with E-state index in [-0.39, 0.29) is 16.6 Å². The summed E-state index contributed by atoms with van der Waals surface area (Å²) in [6, 6.07) is 4.47. The van der Waals surface area contributed by atoms with E-state index in [0.717, 1.165) is 0 Å². The highest BCUT2D eigenvalue weighted by Crippen LogP contribution is 2.05. The standard InChI is InChI=1S/C8H4N2O3/c11-7-4-2-1-3-5(10-13)6(4)9-8(7)12/h1-3,13H. The molecule has 0 atom stereocenters. The van der Waals surface area contributed by atoms with Gasteiger partial charge in [0.05, 0.1) is 5.56 Å². The van der Waals surface area contributed by atoms with Crippen LogP contribution in [-0.2, 0) is 0 Å². The molecule has 0 aromatic rings. The molecule has 0 aromatic carbocycles. The average molecular weight is 176 g/mol. The number of benzene rings is 1. The molecule has 2 rings (SSSR count). The van der Waals surface area contributed by atoms with Crippen molar-refractivity contribution in [3.63, 3.8) is 0 Å². The molecule has 0 fully saturated rings. The van der Waals surface area contributed by atoms with E-state index in [4.69, 9.17) is 5.21 Å². The van der Waals surface area contributed by atoms with Crippen molar-refractivity contribution in [3.8, 4) is 11.3 Å².